The third kappa shape index (κ3) is 3.46. The number of hydrogen-bond acceptors (Lipinski definition) is 5. The van der Waals surface area contributed by atoms with Crippen molar-refractivity contribution in [2.75, 3.05) is 25.1 Å². The van der Waals surface area contributed by atoms with Gasteiger partial charge in [-0.15, -0.1) is 0 Å². The van der Waals surface area contributed by atoms with Crippen LogP contribution in [0.1, 0.15) is 12.0 Å². The van der Waals surface area contributed by atoms with Crippen molar-refractivity contribution in [1.29, 1.82) is 0 Å². The lowest BCUT2D eigenvalue weighted by molar-refractivity contribution is 0.393. The van der Waals surface area contributed by atoms with Crippen LogP contribution in [-0.4, -0.2) is 30.2 Å². The van der Waals surface area contributed by atoms with Crippen LogP contribution in [0.2, 0.25) is 0 Å². The number of ether oxygens (including phenoxy) is 1. The van der Waals surface area contributed by atoms with Gasteiger partial charge in [-0.1, -0.05) is 6.07 Å². The third-order valence-corrected chi connectivity index (χ3v) is 3.17. The minimum atomic E-state index is -0.288. The van der Waals surface area contributed by atoms with E-state index >= 15 is 0 Å². The van der Waals surface area contributed by atoms with Crippen LogP contribution in [0.5, 0.6) is 5.88 Å². The fourth-order valence-electron chi connectivity index (χ4n) is 2.15. The molecule has 0 amide bonds. The van der Waals surface area contributed by atoms with Gasteiger partial charge in [-0.3, -0.25) is 0 Å². The summed E-state index contributed by atoms with van der Waals surface area (Å²) in [6, 6.07) is 6.41. The van der Waals surface area contributed by atoms with Crippen LogP contribution in [0, 0.1) is 12.7 Å². The second-order valence-corrected chi connectivity index (χ2v) is 4.61. The molecule has 112 valence electrons. The van der Waals surface area contributed by atoms with Crippen molar-refractivity contribution < 1.29 is 9.13 Å². The Balaban J connectivity index is 2.45. The summed E-state index contributed by atoms with van der Waals surface area (Å²) >= 11 is 0. The molecule has 0 radical (unpaired) electrons. The Morgan fingerprint density at radius 1 is 1.33 bits per heavy atom. The summed E-state index contributed by atoms with van der Waals surface area (Å²) in [5, 5.41) is 0. The molecule has 6 heteroatoms. The number of hydrogen-bond donors (Lipinski definition) is 1. The van der Waals surface area contributed by atoms with Gasteiger partial charge in [0.25, 0.3) is 0 Å². The van der Waals surface area contributed by atoms with Crippen molar-refractivity contribution in [3.8, 4) is 5.88 Å². The van der Waals surface area contributed by atoms with Gasteiger partial charge in [0.05, 0.1) is 12.7 Å². The van der Waals surface area contributed by atoms with Gasteiger partial charge in [0, 0.05) is 12.2 Å². The van der Waals surface area contributed by atoms with E-state index in [9.17, 15) is 4.39 Å². The second-order valence-electron chi connectivity index (χ2n) is 4.61. The molecule has 5 nitrogen and oxygen atoms in total. The van der Waals surface area contributed by atoms with E-state index in [-0.39, 0.29) is 5.82 Å². The van der Waals surface area contributed by atoms with E-state index in [1.165, 1.54) is 18.5 Å². The molecule has 1 aromatic heterocycles. The highest BCUT2D eigenvalue weighted by molar-refractivity contribution is 5.64. The Labute approximate surface area is 123 Å². The van der Waals surface area contributed by atoms with Crippen LogP contribution in [-0.2, 0) is 0 Å². The summed E-state index contributed by atoms with van der Waals surface area (Å²) in [4.78, 5) is 10.3. The van der Waals surface area contributed by atoms with Crippen LogP contribution in [0.25, 0.3) is 0 Å². The zero-order valence-electron chi connectivity index (χ0n) is 12.2. The Kier molecular flexibility index (Phi) is 5.05. The maximum absolute atomic E-state index is 13.5. The average molecular weight is 290 g/mol. The molecule has 0 atom stereocenters. The molecule has 0 unspecified atom stereocenters. The average Bonchev–Trinajstić information content (AvgIpc) is 2.49. The molecule has 1 aromatic carbocycles. The van der Waals surface area contributed by atoms with Crippen LogP contribution in [0.15, 0.2) is 30.6 Å². The summed E-state index contributed by atoms with van der Waals surface area (Å²) in [5.74, 6) is 0.916. The largest absolute Gasteiger partial charge is 0.481 e. The maximum atomic E-state index is 13.5. The summed E-state index contributed by atoms with van der Waals surface area (Å²) < 4.78 is 18.7. The smallest absolute Gasteiger partial charge is 0.221 e. The van der Waals surface area contributed by atoms with E-state index in [1.807, 2.05) is 17.9 Å². The molecular formula is C15H19FN4O. The molecule has 2 N–H and O–H groups in total. The van der Waals surface area contributed by atoms with E-state index in [0.717, 1.165) is 17.7 Å². The molecule has 2 aromatic rings. The molecular weight excluding hydrogens is 271 g/mol. The first kappa shape index (κ1) is 15.2. The van der Waals surface area contributed by atoms with Crippen molar-refractivity contribution in [3.63, 3.8) is 0 Å². The summed E-state index contributed by atoms with van der Waals surface area (Å²) in [5.41, 5.74) is 7.13. The van der Waals surface area contributed by atoms with Crippen molar-refractivity contribution in [2.24, 2.45) is 5.73 Å². The van der Waals surface area contributed by atoms with Crippen molar-refractivity contribution in [1.82, 2.24) is 9.97 Å². The first-order chi connectivity index (χ1) is 10.2. The highest BCUT2D eigenvalue weighted by Gasteiger charge is 2.16. The number of benzene rings is 1. The molecule has 0 aliphatic heterocycles. The lowest BCUT2D eigenvalue weighted by Crippen LogP contribution is -2.23. The number of rotatable bonds is 6. The highest BCUT2D eigenvalue weighted by Crippen LogP contribution is 2.30. The SMILES string of the molecule is COc1ncnc(N(CCCN)c2cccc(F)c2)c1C. The maximum Gasteiger partial charge on any atom is 0.221 e. The topological polar surface area (TPSA) is 64.3 Å². The van der Waals surface area contributed by atoms with Gasteiger partial charge in [0.15, 0.2) is 0 Å². The Bertz CT molecular complexity index is 606. The third-order valence-electron chi connectivity index (χ3n) is 3.17. The second kappa shape index (κ2) is 6.99. The Morgan fingerprint density at radius 2 is 2.14 bits per heavy atom. The summed E-state index contributed by atoms with van der Waals surface area (Å²) in [7, 11) is 1.56. The van der Waals surface area contributed by atoms with Crippen molar-refractivity contribution in [3.05, 3.63) is 42.0 Å². The van der Waals surface area contributed by atoms with Gasteiger partial charge in [0.1, 0.15) is 18.0 Å². The van der Waals surface area contributed by atoms with Crippen molar-refractivity contribution >= 4 is 11.5 Å². The fourth-order valence-corrected chi connectivity index (χ4v) is 2.15. The molecule has 0 bridgehead atoms. The van der Waals surface area contributed by atoms with E-state index in [1.54, 1.807) is 13.2 Å². The van der Waals surface area contributed by atoms with Gasteiger partial charge < -0.3 is 15.4 Å². The number of anilines is 2. The molecule has 0 spiro atoms. The Morgan fingerprint density at radius 3 is 2.81 bits per heavy atom. The molecule has 1 heterocycles. The van der Waals surface area contributed by atoms with Crippen LogP contribution in [0.4, 0.5) is 15.9 Å². The number of aromatic nitrogens is 2. The minimum absolute atomic E-state index is 0.288. The minimum Gasteiger partial charge on any atom is -0.481 e. The van der Waals surface area contributed by atoms with E-state index < -0.39 is 0 Å². The number of nitrogens with zero attached hydrogens (tertiary/aromatic N) is 3. The first-order valence-corrected chi connectivity index (χ1v) is 6.76. The van der Waals surface area contributed by atoms with Crippen LogP contribution in [0.3, 0.4) is 0 Å². The van der Waals surface area contributed by atoms with Crippen molar-refractivity contribution in [2.45, 2.75) is 13.3 Å². The van der Waals surface area contributed by atoms with Gasteiger partial charge in [-0.05, 0) is 38.1 Å². The predicted octanol–water partition coefficient (Wildman–Crippen LogP) is 2.42. The van der Waals surface area contributed by atoms with Gasteiger partial charge >= 0.3 is 0 Å². The molecule has 0 saturated carbocycles. The molecule has 2 rings (SSSR count). The molecule has 21 heavy (non-hydrogen) atoms. The van der Waals surface area contributed by atoms with Gasteiger partial charge in [-0.25, -0.2) is 14.4 Å². The number of halogens is 1. The molecule has 0 aliphatic carbocycles. The van der Waals surface area contributed by atoms with Crippen LogP contribution < -0.4 is 15.4 Å². The number of methoxy groups -OCH3 is 1. The van der Waals surface area contributed by atoms with Crippen LogP contribution >= 0.6 is 0 Å². The fraction of sp³-hybridized carbons (Fsp3) is 0.333. The zero-order valence-corrected chi connectivity index (χ0v) is 12.2. The quantitative estimate of drug-likeness (QED) is 0.885. The van der Waals surface area contributed by atoms with E-state index in [0.29, 0.717) is 24.8 Å². The van der Waals surface area contributed by atoms with E-state index in [2.05, 4.69) is 9.97 Å². The monoisotopic (exact) mass is 290 g/mol. The lowest BCUT2D eigenvalue weighted by atomic mass is 10.2. The van der Waals surface area contributed by atoms with Gasteiger partial charge in [-0.2, -0.15) is 0 Å². The lowest BCUT2D eigenvalue weighted by Gasteiger charge is -2.25. The molecule has 0 aliphatic rings. The highest BCUT2D eigenvalue weighted by atomic mass is 19.1. The molecule has 0 fully saturated rings. The standard InChI is InChI=1S/C15H19FN4O/c1-11-14(18-10-19-15(11)21-2)20(8-4-7-17)13-6-3-5-12(16)9-13/h3,5-6,9-10H,4,7-8,17H2,1-2H3. The summed E-state index contributed by atoms with van der Waals surface area (Å²) in [6.45, 7) is 3.07. The van der Waals surface area contributed by atoms with Gasteiger partial charge in [0.2, 0.25) is 5.88 Å². The Hall–Kier alpha value is -2.21. The zero-order chi connectivity index (χ0) is 15.2. The van der Waals surface area contributed by atoms with E-state index in [4.69, 9.17) is 10.5 Å². The summed E-state index contributed by atoms with van der Waals surface area (Å²) in [6.07, 6.45) is 2.21. The normalized spacial score (nSPS) is 10.5. The predicted molar refractivity (Wildman–Crippen MR) is 80.4 cm³/mol. The molecule has 0 saturated heterocycles. The first-order valence-electron chi connectivity index (χ1n) is 6.76. The number of nitrogens with two attached hydrogens (primary N) is 1.